The highest BCUT2D eigenvalue weighted by atomic mass is 32.2. The molecule has 2 rings (SSSR count). The van der Waals surface area contributed by atoms with E-state index in [-0.39, 0.29) is 10.8 Å². The van der Waals surface area contributed by atoms with E-state index in [2.05, 4.69) is 5.18 Å². The zero-order chi connectivity index (χ0) is 16.0. The zero-order valence-electron chi connectivity index (χ0n) is 9.96. The van der Waals surface area contributed by atoms with Crippen molar-refractivity contribution in [3.63, 3.8) is 0 Å². The number of hydrogen-bond acceptors (Lipinski definition) is 7. The van der Waals surface area contributed by atoms with Crippen LogP contribution in [0.1, 0.15) is 0 Å². The Kier molecular flexibility index (Phi) is 3.45. The number of phenolic OH excluding ortho intramolecular Hbond substituents is 1. The highest BCUT2D eigenvalue weighted by Crippen LogP contribution is 2.44. The molecular formula is C10H7NO8S2. The highest BCUT2D eigenvalue weighted by molar-refractivity contribution is 7.89. The highest BCUT2D eigenvalue weighted by Gasteiger charge is 2.34. The normalized spacial score (nSPS) is 12.5. The van der Waals surface area contributed by atoms with Crippen LogP contribution in [0.3, 0.4) is 0 Å². The molecule has 0 fully saturated rings. The fraction of sp³-hybridized carbons (Fsp3) is 0. The Morgan fingerprint density at radius 1 is 0.857 bits per heavy atom. The first-order valence-corrected chi connectivity index (χ1v) is 8.03. The average molecular weight is 333 g/mol. The van der Waals surface area contributed by atoms with Crippen LogP contribution in [0, 0.1) is 4.91 Å². The van der Waals surface area contributed by atoms with Crippen molar-refractivity contribution in [2.75, 3.05) is 0 Å². The summed E-state index contributed by atoms with van der Waals surface area (Å²) in [5.74, 6) is -1.12. The first-order valence-electron chi connectivity index (χ1n) is 5.15. The Morgan fingerprint density at radius 2 is 1.33 bits per heavy atom. The van der Waals surface area contributed by atoms with Crippen LogP contribution in [0.2, 0.25) is 0 Å². The maximum absolute atomic E-state index is 11.3. The minimum absolute atomic E-state index is 0.204. The van der Waals surface area contributed by atoms with Crippen molar-refractivity contribution >= 4 is 36.7 Å². The number of rotatable bonds is 3. The molecule has 21 heavy (non-hydrogen) atoms. The first-order chi connectivity index (χ1) is 9.59. The van der Waals surface area contributed by atoms with Crippen molar-refractivity contribution in [3.05, 3.63) is 29.2 Å². The fourth-order valence-corrected chi connectivity index (χ4v) is 3.96. The summed E-state index contributed by atoms with van der Waals surface area (Å²) < 4.78 is 63.5. The number of nitroso groups, excluding NO2 is 1. The number of nitrogens with zero attached hydrogens (tertiary/aromatic N) is 1. The van der Waals surface area contributed by atoms with Gasteiger partial charge in [-0.3, -0.25) is 9.11 Å². The molecule has 0 heterocycles. The van der Waals surface area contributed by atoms with E-state index in [1.54, 1.807) is 0 Å². The van der Waals surface area contributed by atoms with Crippen molar-refractivity contribution in [3.8, 4) is 5.75 Å². The molecule has 0 unspecified atom stereocenters. The van der Waals surface area contributed by atoms with Gasteiger partial charge in [-0.25, -0.2) is 0 Å². The molecule has 11 heteroatoms. The minimum atomic E-state index is -5.27. The topological polar surface area (TPSA) is 158 Å². The third kappa shape index (κ3) is 2.47. The number of benzene rings is 2. The van der Waals surface area contributed by atoms with Gasteiger partial charge in [0.2, 0.25) is 0 Å². The summed E-state index contributed by atoms with van der Waals surface area (Å²) in [6, 6.07) is 5.12. The summed E-state index contributed by atoms with van der Waals surface area (Å²) in [5.41, 5.74) is -0.932. The monoisotopic (exact) mass is 333 g/mol. The maximum atomic E-state index is 11.3. The molecule has 0 atom stereocenters. The lowest BCUT2D eigenvalue weighted by Crippen LogP contribution is -2.09. The third-order valence-electron chi connectivity index (χ3n) is 2.68. The van der Waals surface area contributed by atoms with Crippen molar-refractivity contribution in [2.45, 2.75) is 9.79 Å². The first kappa shape index (κ1) is 15.3. The number of fused-ring (bicyclic) bond motifs is 1. The van der Waals surface area contributed by atoms with Crippen LogP contribution in [0.15, 0.2) is 39.2 Å². The Hall–Kier alpha value is -2.08. The van der Waals surface area contributed by atoms with E-state index in [4.69, 9.17) is 9.11 Å². The predicted octanol–water partition coefficient (Wildman–Crippen LogP) is 1.44. The molecule has 0 aliphatic heterocycles. The Morgan fingerprint density at radius 3 is 1.76 bits per heavy atom. The molecule has 3 N–H and O–H groups in total. The third-order valence-corrected chi connectivity index (χ3v) is 4.64. The smallest absolute Gasteiger partial charge is 0.299 e. The standard InChI is InChI=1S/C10H7NO8S2/c12-8-6-4-2-1-3-5(6)7(11-13)9(20(14,15)16)10(8)21(17,18)19/h1-4,12H,(H,14,15,16)(H,17,18,19). The largest absolute Gasteiger partial charge is 0.506 e. The van der Waals surface area contributed by atoms with Gasteiger partial charge in [0, 0.05) is 10.8 Å². The lowest BCUT2D eigenvalue weighted by molar-refractivity contribution is 0.435. The number of phenols is 1. The van der Waals surface area contributed by atoms with Crippen LogP contribution in [-0.4, -0.2) is 31.0 Å². The van der Waals surface area contributed by atoms with Gasteiger partial charge in [-0.15, -0.1) is 4.91 Å². The number of hydrogen-bond donors (Lipinski definition) is 3. The summed E-state index contributed by atoms with van der Waals surface area (Å²) in [6.45, 7) is 0. The van der Waals surface area contributed by atoms with Gasteiger partial charge in [0.25, 0.3) is 20.2 Å². The molecule has 0 amide bonds. The summed E-state index contributed by atoms with van der Waals surface area (Å²) in [5, 5.41) is 11.9. The second-order valence-corrected chi connectivity index (χ2v) is 6.66. The lowest BCUT2D eigenvalue weighted by atomic mass is 10.1. The molecule has 0 saturated carbocycles. The predicted molar refractivity (Wildman–Crippen MR) is 70.7 cm³/mol. The Balaban J connectivity index is 3.30. The average Bonchev–Trinajstić information content (AvgIpc) is 2.36. The van der Waals surface area contributed by atoms with Crippen LogP contribution in [0.25, 0.3) is 10.8 Å². The van der Waals surface area contributed by atoms with Crippen molar-refractivity contribution in [1.82, 2.24) is 0 Å². The molecule has 0 aliphatic carbocycles. The van der Waals surface area contributed by atoms with E-state index in [1.165, 1.54) is 24.3 Å². The van der Waals surface area contributed by atoms with Gasteiger partial charge in [0.05, 0.1) is 0 Å². The lowest BCUT2D eigenvalue weighted by Gasteiger charge is -2.12. The quantitative estimate of drug-likeness (QED) is 0.562. The zero-order valence-corrected chi connectivity index (χ0v) is 11.6. The summed E-state index contributed by atoms with van der Waals surface area (Å²) in [7, 11) is -10.5. The number of aromatic hydroxyl groups is 1. The fourth-order valence-electron chi connectivity index (χ4n) is 1.93. The van der Waals surface area contributed by atoms with E-state index in [0.717, 1.165) is 0 Å². The molecular weight excluding hydrogens is 326 g/mol. The van der Waals surface area contributed by atoms with Crippen LogP contribution in [-0.2, 0) is 20.2 Å². The van der Waals surface area contributed by atoms with Crippen LogP contribution in [0.4, 0.5) is 5.69 Å². The van der Waals surface area contributed by atoms with E-state index < -0.39 is 41.5 Å². The second-order valence-electron chi connectivity index (χ2n) is 3.94. The van der Waals surface area contributed by atoms with Gasteiger partial charge >= 0.3 is 0 Å². The van der Waals surface area contributed by atoms with Gasteiger partial charge in [-0.2, -0.15) is 16.8 Å². The molecule has 0 aromatic heterocycles. The molecule has 112 valence electrons. The molecule has 0 bridgehead atoms. The Labute approximate surface area is 118 Å². The van der Waals surface area contributed by atoms with Gasteiger partial charge < -0.3 is 5.11 Å². The molecule has 0 spiro atoms. The van der Waals surface area contributed by atoms with E-state index >= 15 is 0 Å². The van der Waals surface area contributed by atoms with Crippen LogP contribution < -0.4 is 0 Å². The van der Waals surface area contributed by atoms with E-state index in [0.29, 0.717) is 0 Å². The minimum Gasteiger partial charge on any atom is -0.506 e. The molecule has 9 nitrogen and oxygen atoms in total. The SMILES string of the molecule is O=Nc1c(S(=O)(=O)O)c(S(=O)(=O)O)c(O)c2ccccc12. The van der Waals surface area contributed by atoms with Crippen LogP contribution >= 0.6 is 0 Å². The summed E-state index contributed by atoms with van der Waals surface area (Å²) >= 11 is 0. The van der Waals surface area contributed by atoms with Crippen molar-refractivity contribution in [1.29, 1.82) is 0 Å². The van der Waals surface area contributed by atoms with Gasteiger partial charge in [-0.05, 0) is 5.18 Å². The molecule has 0 radical (unpaired) electrons. The molecule has 0 aliphatic rings. The van der Waals surface area contributed by atoms with Crippen LogP contribution in [0.5, 0.6) is 5.75 Å². The molecule has 2 aromatic rings. The molecule has 2 aromatic carbocycles. The van der Waals surface area contributed by atoms with E-state index in [9.17, 15) is 26.8 Å². The van der Waals surface area contributed by atoms with Crippen molar-refractivity contribution < 1.29 is 31.0 Å². The van der Waals surface area contributed by atoms with Crippen molar-refractivity contribution in [2.24, 2.45) is 5.18 Å². The maximum Gasteiger partial charge on any atom is 0.299 e. The summed E-state index contributed by atoms with van der Waals surface area (Å²) in [4.78, 5) is 7.92. The van der Waals surface area contributed by atoms with Gasteiger partial charge in [0.1, 0.15) is 16.3 Å². The second kappa shape index (κ2) is 4.73. The van der Waals surface area contributed by atoms with Gasteiger partial charge in [-0.1, -0.05) is 24.3 Å². The van der Waals surface area contributed by atoms with Gasteiger partial charge in [0.15, 0.2) is 4.90 Å². The molecule has 0 saturated heterocycles. The Bertz CT molecular complexity index is 962. The summed E-state index contributed by atoms with van der Waals surface area (Å²) in [6.07, 6.45) is 0. The van der Waals surface area contributed by atoms with E-state index in [1.807, 2.05) is 0 Å².